The molecule has 0 aliphatic carbocycles. The van der Waals surface area contributed by atoms with Crippen LogP contribution in [0.25, 0.3) is 0 Å². The lowest BCUT2D eigenvalue weighted by Gasteiger charge is -1.99. The molecule has 4 heteroatoms. The summed E-state index contributed by atoms with van der Waals surface area (Å²) in [6.45, 7) is 1.56. The zero-order valence-corrected chi connectivity index (χ0v) is 5.81. The summed E-state index contributed by atoms with van der Waals surface area (Å²) < 4.78 is 0. The minimum atomic E-state index is -0.866. The second kappa shape index (κ2) is 4.21. The quantitative estimate of drug-likeness (QED) is 0.635. The van der Waals surface area contributed by atoms with Crippen LogP contribution in [-0.4, -0.2) is 22.1 Å². The molecule has 1 N–H and O–H groups in total. The number of rotatable bonds is 3. The first-order valence-corrected chi connectivity index (χ1v) is 3.44. The van der Waals surface area contributed by atoms with Gasteiger partial charge < -0.3 is 5.11 Å². The van der Waals surface area contributed by atoms with E-state index in [0.717, 1.165) is 11.8 Å². The van der Waals surface area contributed by atoms with Gasteiger partial charge in [0.25, 0.3) is 0 Å². The number of nitriles is 1. The van der Waals surface area contributed by atoms with E-state index in [9.17, 15) is 4.79 Å². The number of carboxylic acid groups (broad SMARTS) is 1. The summed E-state index contributed by atoms with van der Waals surface area (Å²) in [6.07, 6.45) is 0. The maximum Gasteiger partial charge on any atom is 0.316 e. The third-order valence-corrected chi connectivity index (χ3v) is 1.74. The highest BCUT2D eigenvalue weighted by atomic mass is 32.2. The van der Waals surface area contributed by atoms with E-state index in [0.29, 0.717) is 0 Å². The van der Waals surface area contributed by atoms with Crippen molar-refractivity contribution in [2.75, 3.05) is 5.75 Å². The topological polar surface area (TPSA) is 61.1 Å². The molecule has 0 saturated heterocycles. The van der Waals surface area contributed by atoms with Crippen LogP contribution in [0.3, 0.4) is 0 Å². The normalized spacial score (nSPS) is 12.0. The molecule has 0 spiro atoms. The number of hydrogen-bond acceptors (Lipinski definition) is 3. The van der Waals surface area contributed by atoms with Crippen LogP contribution in [0.15, 0.2) is 0 Å². The standard InChI is InChI=1S/C5H7NO2S/c1-4(5(7)8)9-3-2-6/h4H,3H2,1H3,(H,7,8). The van der Waals surface area contributed by atoms with Gasteiger partial charge in [0.15, 0.2) is 0 Å². The lowest BCUT2D eigenvalue weighted by Crippen LogP contribution is -2.11. The highest BCUT2D eigenvalue weighted by Crippen LogP contribution is 2.08. The second-order valence-electron chi connectivity index (χ2n) is 1.45. The van der Waals surface area contributed by atoms with Gasteiger partial charge >= 0.3 is 5.97 Å². The fraction of sp³-hybridized carbons (Fsp3) is 0.600. The van der Waals surface area contributed by atoms with Gasteiger partial charge in [-0.1, -0.05) is 0 Å². The predicted molar refractivity (Wildman–Crippen MR) is 35.2 cm³/mol. The molecular formula is C5H7NO2S. The molecule has 0 saturated carbocycles. The monoisotopic (exact) mass is 145 g/mol. The Morgan fingerprint density at radius 2 is 2.56 bits per heavy atom. The van der Waals surface area contributed by atoms with Gasteiger partial charge in [-0.2, -0.15) is 5.26 Å². The first kappa shape index (κ1) is 8.31. The maximum atomic E-state index is 10.1. The van der Waals surface area contributed by atoms with Crippen molar-refractivity contribution in [3.8, 4) is 6.07 Å². The first-order chi connectivity index (χ1) is 4.18. The Kier molecular flexibility index (Phi) is 3.89. The fourth-order valence-corrected chi connectivity index (χ4v) is 0.701. The van der Waals surface area contributed by atoms with E-state index in [1.165, 1.54) is 0 Å². The average Bonchev–Trinajstić information content (AvgIpc) is 1.82. The third-order valence-electron chi connectivity index (χ3n) is 0.746. The van der Waals surface area contributed by atoms with E-state index >= 15 is 0 Å². The Hall–Kier alpha value is -0.690. The van der Waals surface area contributed by atoms with Gasteiger partial charge in [0.1, 0.15) is 5.25 Å². The summed E-state index contributed by atoms with van der Waals surface area (Å²) in [5, 5.41) is 15.8. The average molecular weight is 145 g/mol. The number of thioether (sulfide) groups is 1. The number of hydrogen-bond donors (Lipinski definition) is 1. The van der Waals surface area contributed by atoms with Gasteiger partial charge in [-0.05, 0) is 6.92 Å². The van der Waals surface area contributed by atoms with Crippen LogP contribution in [0, 0.1) is 11.3 Å². The van der Waals surface area contributed by atoms with Gasteiger partial charge in [0.2, 0.25) is 0 Å². The molecule has 0 bridgehead atoms. The zero-order valence-electron chi connectivity index (χ0n) is 5.00. The zero-order chi connectivity index (χ0) is 7.28. The molecular weight excluding hydrogens is 138 g/mol. The van der Waals surface area contributed by atoms with Gasteiger partial charge in [-0.25, -0.2) is 0 Å². The number of carbonyl (C=O) groups is 1. The molecule has 9 heavy (non-hydrogen) atoms. The van der Waals surface area contributed by atoms with Crippen molar-refractivity contribution in [3.05, 3.63) is 0 Å². The molecule has 0 aliphatic rings. The Morgan fingerprint density at radius 3 is 2.89 bits per heavy atom. The lowest BCUT2D eigenvalue weighted by molar-refractivity contribution is -0.136. The molecule has 0 aliphatic heterocycles. The fourth-order valence-electron chi connectivity index (χ4n) is 0.234. The van der Waals surface area contributed by atoms with Crippen LogP contribution in [0.5, 0.6) is 0 Å². The third kappa shape index (κ3) is 3.86. The van der Waals surface area contributed by atoms with Crippen molar-refractivity contribution in [2.24, 2.45) is 0 Å². The van der Waals surface area contributed by atoms with Gasteiger partial charge in [0.05, 0.1) is 11.8 Å². The summed E-state index contributed by atoms with van der Waals surface area (Å²) in [6, 6.07) is 1.85. The van der Waals surface area contributed by atoms with Crippen LogP contribution >= 0.6 is 11.8 Å². The van der Waals surface area contributed by atoms with E-state index in [1.807, 2.05) is 6.07 Å². The summed E-state index contributed by atoms with van der Waals surface area (Å²) in [7, 11) is 0. The van der Waals surface area contributed by atoms with Gasteiger partial charge in [-0.3, -0.25) is 4.79 Å². The molecule has 0 amide bonds. The minimum Gasteiger partial charge on any atom is -0.480 e. The first-order valence-electron chi connectivity index (χ1n) is 2.40. The SMILES string of the molecule is CC(SCC#N)C(=O)O. The molecule has 50 valence electrons. The Bertz CT molecular complexity index is 140. The Labute approximate surface area is 57.7 Å². The highest BCUT2D eigenvalue weighted by molar-refractivity contribution is 8.00. The summed E-state index contributed by atoms with van der Waals surface area (Å²) in [5.41, 5.74) is 0. The lowest BCUT2D eigenvalue weighted by atomic mass is 10.5. The molecule has 3 nitrogen and oxygen atoms in total. The van der Waals surface area contributed by atoms with Crippen LogP contribution in [0.1, 0.15) is 6.92 Å². The molecule has 1 unspecified atom stereocenters. The van der Waals surface area contributed by atoms with Crippen LogP contribution in [-0.2, 0) is 4.79 Å². The van der Waals surface area contributed by atoms with Gasteiger partial charge in [-0.15, -0.1) is 11.8 Å². The largest absolute Gasteiger partial charge is 0.480 e. The van der Waals surface area contributed by atoms with Crippen LogP contribution in [0.4, 0.5) is 0 Å². The minimum absolute atomic E-state index is 0.244. The molecule has 0 aromatic carbocycles. The summed E-state index contributed by atoms with van der Waals surface area (Å²) >= 11 is 1.12. The summed E-state index contributed by atoms with van der Waals surface area (Å²) in [4.78, 5) is 10.1. The van der Waals surface area contributed by atoms with Crippen molar-refractivity contribution in [1.29, 1.82) is 5.26 Å². The molecule has 0 aromatic heterocycles. The van der Waals surface area contributed by atoms with E-state index in [2.05, 4.69) is 0 Å². The van der Waals surface area contributed by atoms with Crippen molar-refractivity contribution in [1.82, 2.24) is 0 Å². The van der Waals surface area contributed by atoms with E-state index < -0.39 is 11.2 Å². The van der Waals surface area contributed by atoms with Crippen LogP contribution in [0.2, 0.25) is 0 Å². The number of aliphatic carboxylic acids is 1. The van der Waals surface area contributed by atoms with Crippen molar-refractivity contribution in [3.63, 3.8) is 0 Å². The highest BCUT2D eigenvalue weighted by Gasteiger charge is 2.09. The summed E-state index contributed by atoms with van der Waals surface area (Å²) in [5.74, 6) is -0.622. The number of nitrogens with zero attached hydrogens (tertiary/aromatic N) is 1. The van der Waals surface area contributed by atoms with Crippen molar-refractivity contribution < 1.29 is 9.90 Å². The second-order valence-corrected chi connectivity index (χ2v) is 2.78. The molecule has 0 aromatic rings. The maximum absolute atomic E-state index is 10.1. The molecule has 0 fully saturated rings. The predicted octanol–water partition coefficient (Wildman–Crippen LogP) is 0.716. The van der Waals surface area contributed by atoms with Crippen molar-refractivity contribution >= 4 is 17.7 Å². The molecule has 1 atom stereocenters. The van der Waals surface area contributed by atoms with Gasteiger partial charge in [0, 0.05) is 0 Å². The van der Waals surface area contributed by atoms with Crippen molar-refractivity contribution in [2.45, 2.75) is 12.2 Å². The molecule has 0 rings (SSSR count). The van der Waals surface area contributed by atoms with E-state index in [-0.39, 0.29) is 5.75 Å². The van der Waals surface area contributed by atoms with E-state index in [1.54, 1.807) is 6.92 Å². The van der Waals surface area contributed by atoms with E-state index in [4.69, 9.17) is 10.4 Å². The smallest absolute Gasteiger partial charge is 0.316 e. The Morgan fingerprint density at radius 1 is 2.00 bits per heavy atom. The Balaban J connectivity index is 3.41. The number of carboxylic acids is 1. The molecule has 0 heterocycles. The van der Waals surface area contributed by atoms with Crippen LogP contribution < -0.4 is 0 Å². The molecule has 0 radical (unpaired) electrons.